The quantitative estimate of drug-likeness (QED) is 0.847. The van der Waals surface area contributed by atoms with Crippen molar-refractivity contribution in [1.82, 2.24) is 5.32 Å². The maximum Gasteiger partial charge on any atom is 0.240 e. The highest BCUT2D eigenvalue weighted by Crippen LogP contribution is 2.19. The van der Waals surface area contributed by atoms with Gasteiger partial charge in [0.15, 0.2) is 0 Å². The summed E-state index contributed by atoms with van der Waals surface area (Å²) in [5.41, 5.74) is 0.747. The molecular weight excluding hydrogens is 219 g/mol. The predicted molar refractivity (Wildman–Crippen MR) is 65.5 cm³/mol. The van der Waals surface area contributed by atoms with Crippen molar-refractivity contribution in [3.63, 3.8) is 0 Å². The van der Waals surface area contributed by atoms with Crippen LogP contribution in [0.15, 0.2) is 24.3 Å². The van der Waals surface area contributed by atoms with Gasteiger partial charge in [-0.25, -0.2) is 4.39 Å². The van der Waals surface area contributed by atoms with E-state index in [-0.39, 0.29) is 11.7 Å². The number of rotatable bonds is 5. The molecule has 2 rings (SSSR count). The number of nitrogens with zero attached hydrogens (tertiary/aromatic N) is 1. The van der Waals surface area contributed by atoms with Crippen molar-refractivity contribution in [3.8, 4) is 0 Å². The van der Waals surface area contributed by atoms with Gasteiger partial charge in [-0.05, 0) is 44.0 Å². The molecule has 1 N–H and O–H groups in total. The van der Waals surface area contributed by atoms with Crippen LogP contribution >= 0.6 is 0 Å². The van der Waals surface area contributed by atoms with Crippen LogP contribution in [0.1, 0.15) is 19.8 Å². The van der Waals surface area contributed by atoms with Gasteiger partial charge in [-0.2, -0.15) is 0 Å². The summed E-state index contributed by atoms with van der Waals surface area (Å²) in [5, 5.41) is 3.19. The van der Waals surface area contributed by atoms with E-state index in [0.29, 0.717) is 19.1 Å². The molecule has 0 heterocycles. The van der Waals surface area contributed by atoms with Crippen LogP contribution < -0.4 is 10.2 Å². The highest BCUT2D eigenvalue weighted by atomic mass is 19.1. The molecule has 0 radical (unpaired) electrons. The van der Waals surface area contributed by atoms with Gasteiger partial charge in [0.2, 0.25) is 5.91 Å². The van der Waals surface area contributed by atoms with Crippen LogP contribution in [0.25, 0.3) is 0 Å². The molecule has 0 aromatic heterocycles. The number of hydrogen-bond donors (Lipinski definition) is 1. The van der Waals surface area contributed by atoms with Crippen LogP contribution in [-0.2, 0) is 4.79 Å². The molecule has 1 fully saturated rings. The SMILES string of the molecule is CCN(C(=O)CNC1CC1)c1ccc(F)cc1. The van der Waals surface area contributed by atoms with Crippen LogP contribution in [0.2, 0.25) is 0 Å². The first-order valence-corrected chi connectivity index (χ1v) is 6.00. The first-order chi connectivity index (χ1) is 8.20. The Morgan fingerprint density at radius 1 is 1.41 bits per heavy atom. The van der Waals surface area contributed by atoms with Crippen LogP contribution in [-0.4, -0.2) is 25.0 Å². The van der Waals surface area contributed by atoms with Crippen LogP contribution in [0.5, 0.6) is 0 Å². The van der Waals surface area contributed by atoms with Crippen molar-refractivity contribution < 1.29 is 9.18 Å². The number of halogens is 1. The fourth-order valence-electron chi connectivity index (χ4n) is 1.74. The normalized spacial score (nSPS) is 14.7. The fraction of sp³-hybridized carbons (Fsp3) is 0.462. The second-order valence-corrected chi connectivity index (χ2v) is 4.27. The summed E-state index contributed by atoms with van der Waals surface area (Å²) < 4.78 is 12.8. The fourth-order valence-corrected chi connectivity index (χ4v) is 1.74. The molecule has 3 nitrogen and oxygen atoms in total. The van der Waals surface area contributed by atoms with Gasteiger partial charge < -0.3 is 10.2 Å². The number of anilines is 1. The Kier molecular flexibility index (Phi) is 3.74. The van der Waals surface area contributed by atoms with E-state index < -0.39 is 0 Å². The van der Waals surface area contributed by atoms with E-state index >= 15 is 0 Å². The lowest BCUT2D eigenvalue weighted by Gasteiger charge is -2.21. The van der Waals surface area contributed by atoms with Gasteiger partial charge in [0.25, 0.3) is 0 Å². The summed E-state index contributed by atoms with van der Waals surface area (Å²) in [6, 6.07) is 6.53. The van der Waals surface area contributed by atoms with Gasteiger partial charge in [-0.15, -0.1) is 0 Å². The lowest BCUT2D eigenvalue weighted by Crippen LogP contribution is -2.38. The molecule has 1 aliphatic carbocycles. The van der Waals surface area contributed by atoms with Crippen molar-refractivity contribution in [2.24, 2.45) is 0 Å². The second-order valence-electron chi connectivity index (χ2n) is 4.27. The maximum atomic E-state index is 12.8. The molecule has 0 spiro atoms. The predicted octanol–water partition coefficient (Wildman–Crippen LogP) is 1.93. The monoisotopic (exact) mass is 236 g/mol. The van der Waals surface area contributed by atoms with Crippen LogP contribution in [0.4, 0.5) is 10.1 Å². The van der Waals surface area contributed by atoms with E-state index in [2.05, 4.69) is 5.32 Å². The summed E-state index contributed by atoms with van der Waals surface area (Å²) in [6.45, 7) is 2.87. The molecule has 1 aliphatic rings. The molecule has 0 aliphatic heterocycles. The van der Waals surface area contributed by atoms with Gasteiger partial charge in [0.1, 0.15) is 5.82 Å². The third kappa shape index (κ3) is 3.27. The van der Waals surface area contributed by atoms with Crippen LogP contribution in [0.3, 0.4) is 0 Å². The molecule has 1 amide bonds. The molecule has 1 aromatic carbocycles. The van der Waals surface area contributed by atoms with Gasteiger partial charge in [-0.3, -0.25) is 4.79 Å². The Morgan fingerprint density at radius 3 is 2.59 bits per heavy atom. The zero-order valence-electron chi connectivity index (χ0n) is 9.95. The number of likely N-dealkylation sites (N-methyl/N-ethyl adjacent to an activating group) is 1. The van der Waals surface area contributed by atoms with E-state index in [1.54, 1.807) is 17.0 Å². The minimum absolute atomic E-state index is 0.0333. The summed E-state index contributed by atoms with van der Waals surface area (Å²) in [7, 11) is 0. The standard InChI is InChI=1S/C13H17FN2O/c1-2-16(12-7-3-10(14)4-8-12)13(17)9-15-11-5-6-11/h3-4,7-8,11,15H,2,5-6,9H2,1H3. The van der Waals surface area contributed by atoms with Gasteiger partial charge in [0.05, 0.1) is 6.54 Å². The molecule has 0 unspecified atom stereocenters. The van der Waals surface area contributed by atoms with E-state index in [1.165, 1.54) is 12.1 Å². The largest absolute Gasteiger partial charge is 0.312 e. The molecule has 92 valence electrons. The maximum absolute atomic E-state index is 12.8. The number of nitrogens with one attached hydrogen (secondary N) is 1. The van der Waals surface area contributed by atoms with E-state index in [0.717, 1.165) is 18.5 Å². The summed E-state index contributed by atoms with van der Waals surface area (Å²) in [6.07, 6.45) is 2.33. The molecule has 17 heavy (non-hydrogen) atoms. The number of benzene rings is 1. The summed E-state index contributed by atoms with van der Waals surface area (Å²) in [5.74, 6) is -0.251. The zero-order valence-corrected chi connectivity index (χ0v) is 9.95. The molecule has 1 aromatic rings. The molecular formula is C13H17FN2O. The zero-order chi connectivity index (χ0) is 12.3. The van der Waals surface area contributed by atoms with Crippen molar-refractivity contribution in [1.29, 1.82) is 0 Å². The number of carbonyl (C=O) groups is 1. The molecule has 0 bridgehead atoms. The van der Waals surface area contributed by atoms with Crippen molar-refractivity contribution >= 4 is 11.6 Å². The van der Waals surface area contributed by atoms with Crippen molar-refractivity contribution in [3.05, 3.63) is 30.1 Å². The van der Waals surface area contributed by atoms with Crippen LogP contribution in [0, 0.1) is 5.82 Å². The van der Waals surface area contributed by atoms with E-state index in [1.807, 2.05) is 6.92 Å². The Bertz CT molecular complexity index is 387. The average molecular weight is 236 g/mol. The number of carbonyl (C=O) groups excluding carboxylic acids is 1. The molecule has 4 heteroatoms. The third-order valence-corrected chi connectivity index (χ3v) is 2.87. The van der Waals surface area contributed by atoms with E-state index in [9.17, 15) is 9.18 Å². The Hall–Kier alpha value is -1.42. The molecule has 1 saturated carbocycles. The first-order valence-electron chi connectivity index (χ1n) is 6.00. The van der Waals surface area contributed by atoms with E-state index in [4.69, 9.17) is 0 Å². The van der Waals surface area contributed by atoms with Crippen molar-refractivity contribution in [2.45, 2.75) is 25.8 Å². The van der Waals surface area contributed by atoms with Crippen molar-refractivity contribution in [2.75, 3.05) is 18.0 Å². The minimum Gasteiger partial charge on any atom is -0.312 e. The average Bonchev–Trinajstić information content (AvgIpc) is 3.14. The van der Waals surface area contributed by atoms with Gasteiger partial charge in [0, 0.05) is 18.3 Å². The third-order valence-electron chi connectivity index (χ3n) is 2.87. The van der Waals surface area contributed by atoms with Gasteiger partial charge in [-0.1, -0.05) is 0 Å². The molecule has 0 atom stereocenters. The summed E-state index contributed by atoms with van der Waals surface area (Å²) >= 11 is 0. The minimum atomic E-state index is -0.284. The lowest BCUT2D eigenvalue weighted by molar-refractivity contribution is -0.117. The number of amides is 1. The Balaban J connectivity index is 1.98. The second kappa shape index (κ2) is 5.27. The molecule has 0 saturated heterocycles. The van der Waals surface area contributed by atoms with Gasteiger partial charge >= 0.3 is 0 Å². The highest BCUT2D eigenvalue weighted by molar-refractivity contribution is 5.94. The Labute approximate surface area is 101 Å². The number of hydrogen-bond acceptors (Lipinski definition) is 2. The summed E-state index contributed by atoms with van der Waals surface area (Å²) in [4.78, 5) is 13.6. The first kappa shape index (κ1) is 12.0. The lowest BCUT2D eigenvalue weighted by atomic mass is 10.2. The smallest absolute Gasteiger partial charge is 0.240 e. The highest BCUT2D eigenvalue weighted by Gasteiger charge is 2.22. The topological polar surface area (TPSA) is 32.3 Å². The Morgan fingerprint density at radius 2 is 2.06 bits per heavy atom.